The first-order valence-corrected chi connectivity index (χ1v) is 9.11. The van der Waals surface area contributed by atoms with E-state index in [1.165, 1.54) is 22.8 Å². The van der Waals surface area contributed by atoms with Crippen molar-refractivity contribution in [3.63, 3.8) is 0 Å². The van der Waals surface area contributed by atoms with Gasteiger partial charge in [-0.2, -0.15) is 11.3 Å². The predicted molar refractivity (Wildman–Crippen MR) is 86.3 cm³/mol. The number of benzene rings is 1. The number of sulfonamides is 1. The fourth-order valence-electron chi connectivity index (χ4n) is 2.18. The quantitative estimate of drug-likeness (QED) is 0.753. The fourth-order valence-corrected chi connectivity index (χ4v) is 4.22. The number of H-pyrrole nitrogens is 1. The van der Waals surface area contributed by atoms with Gasteiger partial charge in [0.15, 0.2) is 0 Å². The molecule has 0 fully saturated rings. The van der Waals surface area contributed by atoms with Gasteiger partial charge < -0.3 is 4.98 Å². The van der Waals surface area contributed by atoms with Crippen LogP contribution in [0.25, 0.3) is 10.9 Å². The van der Waals surface area contributed by atoms with E-state index in [9.17, 15) is 13.2 Å². The van der Waals surface area contributed by atoms with E-state index in [0.717, 1.165) is 16.5 Å². The van der Waals surface area contributed by atoms with Crippen molar-refractivity contribution < 1.29 is 13.2 Å². The minimum absolute atomic E-state index is 0.124. The monoisotopic (exact) mass is 334 g/mol. The van der Waals surface area contributed by atoms with Crippen molar-refractivity contribution in [1.82, 2.24) is 9.71 Å². The minimum atomic E-state index is -3.74. The highest BCUT2D eigenvalue weighted by Crippen LogP contribution is 2.16. The normalized spacial score (nSPS) is 11.6. The number of fused-ring (bicyclic) bond motifs is 1. The summed E-state index contributed by atoms with van der Waals surface area (Å²) in [6.45, 7) is 0. The van der Waals surface area contributed by atoms with Crippen LogP contribution in [0.4, 0.5) is 0 Å². The molecule has 7 heteroatoms. The molecule has 1 amide bonds. The lowest BCUT2D eigenvalue weighted by Gasteiger charge is -2.05. The van der Waals surface area contributed by atoms with E-state index in [2.05, 4.69) is 9.71 Å². The molecule has 0 saturated heterocycles. The highest BCUT2D eigenvalue weighted by molar-refractivity contribution is 7.90. The third-order valence-electron chi connectivity index (χ3n) is 3.31. The van der Waals surface area contributed by atoms with Crippen LogP contribution in [-0.4, -0.2) is 19.3 Å². The smallest absolute Gasteiger partial charge is 0.264 e. The first-order valence-electron chi connectivity index (χ1n) is 6.68. The van der Waals surface area contributed by atoms with Crippen LogP contribution in [0.3, 0.4) is 0 Å². The SMILES string of the molecule is O=C(CCc1ccc2[nH]ccc2c1)NS(=O)(=O)c1ccsc1. The maximum atomic E-state index is 11.9. The topological polar surface area (TPSA) is 79.0 Å². The van der Waals surface area contributed by atoms with Gasteiger partial charge in [-0.15, -0.1) is 0 Å². The first kappa shape index (κ1) is 14.8. The second-order valence-electron chi connectivity index (χ2n) is 4.89. The largest absolute Gasteiger partial charge is 0.361 e. The van der Waals surface area contributed by atoms with Crippen molar-refractivity contribution in [2.75, 3.05) is 0 Å². The first-order chi connectivity index (χ1) is 10.5. The second kappa shape index (κ2) is 5.94. The molecule has 5 nitrogen and oxygen atoms in total. The number of aromatic nitrogens is 1. The molecule has 0 unspecified atom stereocenters. The van der Waals surface area contributed by atoms with Crippen molar-refractivity contribution in [3.8, 4) is 0 Å². The molecular weight excluding hydrogens is 320 g/mol. The number of hydrogen-bond acceptors (Lipinski definition) is 4. The molecule has 3 rings (SSSR count). The van der Waals surface area contributed by atoms with E-state index >= 15 is 0 Å². The number of carbonyl (C=O) groups is 1. The zero-order valence-corrected chi connectivity index (χ0v) is 13.2. The van der Waals surface area contributed by atoms with Gasteiger partial charge >= 0.3 is 0 Å². The second-order valence-corrected chi connectivity index (χ2v) is 7.35. The van der Waals surface area contributed by atoms with Gasteiger partial charge in [-0.3, -0.25) is 4.79 Å². The molecular formula is C15H14N2O3S2. The Morgan fingerprint density at radius 3 is 2.86 bits per heavy atom. The van der Waals surface area contributed by atoms with E-state index < -0.39 is 15.9 Å². The van der Waals surface area contributed by atoms with Crippen LogP contribution >= 0.6 is 11.3 Å². The maximum absolute atomic E-state index is 11.9. The Kier molecular flexibility index (Phi) is 4.00. The van der Waals surface area contributed by atoms with Crippen LogP contribution in [0.15, 0.2) is 52.2 Å². The number of hydrogen-bond donors (Lipinski definition) is 2. The molecule has 0 aliphatic carbocycles. The van der Waals surface area contributed by atoms with Crippen LogP contribution in [0.2, 0.25) is 0 Å². The van der Waals surface area contributed by atoms with E-state index in [0.29, 0.717) is 6.42 Å². The molecule has 1 aromatic carbocycles. The molecule has 0 bridgehead atoms. The summed E-state index contributed by atoms with van der Waals surface area (Å²) >= 11 is 1.27. The average molecular weight is 334 g/mol. The Bertz CT molecular complexity index is 896. The van der Waals surface area contributed by atoms with Gasteiger partial charge in [-0.25, -0.2) is 13.1 Å². The lowest BCUT2D eigenvalue weighted by Crippen LogP contribution is -2.30. The summed E-state index contributed by atoms with van der Waals surface area (Å²) < 4.78 is 25.9. The predicted octanol–water partition coefficient (Wildman–Crippen LogP) is 2.67. The highest BCUT2D eigenvalue weighted by atomic mass is 32.2. The standard InChI is InChI=1S/C15H14N2O3S2/c18-15(17-22(19,20)13-6-8-21-10-13)4-2-11-1-3-14-12(9-11)5-7-16-14/h1,3,5-10,16H,2,4H2,(H,17,18). The van der Waals surface area contributed by atoms with Gasteiger partial charge in [-0.1, -0.05) is 6.07 Å². The molecule has 0 saturated carbocycles. The number of thiophene rings is 1. The van der Waals surface area contributed by atoms with Crippen LogP contribution in [-0.2, 0) is 21.2 Å². The average Bonchev–Trinajstić information content (AvgIpc) is 3.15. The molecule has 0 atom stereocenters. The van der Waals surface area contributed by atoms with Gasteiger partial charge in [-0.05, 0) is 47.0 Å². The van der Waals surface area contributed by atoms with Crippen LogP contribution in [0, 0.1) is 0 Å². The summed E-state index contributed by atoms with van der Waals surface area (Å²) in [5.41, 5.74) is 2.03. The van der Waals surface area contributed by atoms with Gasteiger partial charge in [0.1, 0.15) is 0 Å². The molecule has 2 heterocycles. The fraction of sp³-hybridized carbons (Fsp3) is 0.133. The lowest BCUT2D eigenvalue weighted by atomic mass is 10.1. The van der Waals surface area contributed by atoms with Gasteiger partial charge in [0, 0.05) is 23.5 Å². The Labute approximate surface area is 132 Å². The number of carbonyl (C=O) groups excluding carboxylic acids is 1. The van der Waals surface area contributed by atoms with E-state index in [-0.39, 0.29) is 11.3 Å². The van der Waals surface area contributed by atoms with Crippen molar-refractivity contribution in [3.05, 3.63) is 52.9 Å². The number of rotatable bonds is 5. The van der Waals surface area contributed by atoms with Crippen molar-refractivity contribution >= 4 is 38.2 Å². The van der Waals surface area contributed by atoms with E-state index in [1.807, 2.05) is 30.5 Å². The number of amides is 1. The Morgan fingerprint density at radius 2 is 2.09 bits per heavy atom. The molecule has 0 spiro atoms. The molecule has 2 N–H and O–H groups in total. The Balaban J connectivity index is 1.62. The maximum Gasteiger partial charge on any atom is 0.264 e. The molecule has 114 valence electrons. The van der Waals surface area contributed by atoms with Crippen LogP contribution < -0.4 is 4.72 Å². The van der Waals surface area contributed by atoms with Gasteiger partial charge in [0.25, 0.3) is 10.0 Å². The molecule has 0 radical (unpaired) electrons. The van der Waals surface area contributed by atoms with Crippen molar-refractivity contribution in [1.29, 1.82) is 0 Å². The zero-order valence-electron chi connectivity index (χ0n) is 11.6. The van der Waals surface area contributed by atoms with E-state index in [1.54, 1.807) is 5.38 Å². The number of aryl methyl sites for hydroxylation is 1. The molecule has 0 aliphatic heterocycles. The summed E-state index contributed by atoms with van der Waals surface area (Å²) in [5.74, 6) is -0.500. The lowest BCUT2D eigenvalue weighted by molar-refractivity contribution is -0.119. The summed E-state index contributed by atoms with van der Waals surface area (Å²) in [6, 6.07) is 9.30. The third-order valence-corrected chi connectivity index (χ3v) is 5.52. The summed E-state index contributed by atoms with van der Waals surface area (Å²) in [6.07, 6.45) is 2.47. The summed E-state index contributed by atoms with van der Waals surface area (Å²) in [4.78, 5) is 15.1. The van der Waals surface area contributed by atoms with Gasteiger partial charge in [0.05, 0.1) is 4.90 Å². The van der Waals surface area contributed by atoms with Gasteiger partial charge in [0.2, 0.25) is 5.91 Å². The number of aromatic amines is 1. The molecule has 2 aromatic heterocycles. The summed E-state index contributed by atoms with van der Waals surface area (Å²) in [7, 11) is -3.74. The third kappa shape index (κ3) is 3.20. The van der Waals surface area contributed by atoms with E-state index in [4.69, 9.17) is 0 Å². The highest BCUT2D eigenvalue weighted by Gasteiger charge is 2.17. The Hall–Kier alpha value is -2.12. The van der Waals surface area contributed by atoms with Crippen LogP contribution in [0.5, 0.6) is 0 Å². The summed E-state index contributed by atoms with van der Waals surface area (Å²) in [5, 5.41) is 4.23. The zero-order chi connectivity index (χ0) is 15.6. The number of nitrogens with one attached hydrogen (secondary N) is 2. The van der Waals surface area contributed by atoms with Crippen molar-refractivity contribution in [2.24, 2.45) is 0 Å². The molecule has 22 heavy (non-hydrogen) atoms. The molecule has 3 aromatic rings. The minimum Gasteiger partial charge on any atom is -0.361 e. The molecule has 0 aliphatic rings. The Morgan fingerprint density at radius 1 is 1.23 bits per heavy atom. The van der Waals surface area contributed by atoms with Crippen molar-refractivity contribution in [2.45, 2.75) is 17.7 Å². The van der Waals surface area contributed by atoms with Crippen LogP contribution in [0.1, 0.15) is 12.0 Å².